The Hall–Kier alpha value is -4.92. The van der Waals surface area contributed by atoms with E-state index in [1.165, 1.54) is 12.1 Å². The second kappa shape index (κ2) is 10.6. The second-order valence-corrected chi connectivity index (χ2v) is 9.08. The first kappa shape index (κ1) is 24.8. The smallest absolute Gasteiger partial charge is 0.291 e. The highest BCUT2D eigenvalue weighted by Gasteiger charge is 2.23. The number of hydrogen-bond donors (Lipinski definition) is 1. The molecule has 2 heterocycles. The number of piperazine rings is 1. The molecular formula is C29H26N4O5. The monoisotopic (exact) mass is 510 g/mol. The molecule has 1 saturated heterocycles. The van der Waals surface area contributed by atoms with Crippen molar-refractivity contribution in [2.75, 3.05) is 36.4 Å². The van der Waals surface area contributed by atoms with Crippen LogP contribution in [-0.2, 0) is 0 Å². The highest BCUT2D eigenvalue weighted by atomic mass is 16.6. The topological polar surface area (TPSA) is 109 Å². The van der Waals surface area contributed by atoms with E-state index >= 15 is 0 Å². The number of nitrogens with zero attached hydrogens (tertiary/aromatic N) is 3. The number of benzene rings is 3. The van der Waals surface area contributed by atoms with Gasteiger partial charge in [-0.2, -0.15) is 0 Å². The minimum atomic E-state index is -0.485. The Labute approximate surface area is 219 Å². The number of nitrogens with one attached hydrogen (secondary N) is 1. The molecule has 1 aliphatic rings. The first-order valence-electron chi connectivity index (χ1n) is 12.2. The van der Waals surface area contributed by atoms with E-state index in [1.807, 2.05) is 60.4 Å². The van der Waals surface area contributed by atoms with Crippen LogP contribution in [-0.4, -0.2) is 47.8 Å². The molecule has 3 aromatic carbocycles. The van der Waals surface area contributed by atoms with Gasteiger partial charge in [0.15, 0.2) is 5.76 Å². The van der Waals surface area contributed by atoms with Crippen LogP contribution in [0.3, 0.4) is 0 Å². The molecule has 0 radical (unpaired) electrons. The molecule has 0 saturated carbocycles. The fourth-order valence-corrected chi connectivity index (χ4v) is 4.44. The van der Waals surface area contributed by atoms with Gasteiger partial charge in [0.1, 0.15) is 5.76 Å². The van der Waals surface area contributed by atoms with Crippen LogP contribution in [0.2, 0.25) is 0 Å². The summed E-state index contributed by atoms with van der Waals surface area (Å²) < 4.78 is 5.62. The maximum Gasteiger partial charge on any atom is 0.291 e. The molecule has 1 fully saturated rings. The number of carbonyl (C=O) groups excluding carboxylic acids is 2. The van der Waals surface area contributed by atoms with Gasteiger partial charge in [-0.05, 0) is 61.5 Å². The van der Waals surface area contributed by atoms with Gasteiger partial charge in [0.05, 0.1) is 10.5 Å². The van der Waals surface area contributed by atoms with Crippen molar-refractivity contribution in [2.45, 2.75) is 6.92 Å². The van der Waals surface area contributed by atoms with Crippen LogP contribution < -0.4 is 10.2 Å². The van der Waals surface area contributed by atoms with Crippen molar-refractivity contribution in [3.8, 4) is 11.3 Å². The van der Waals surface area contributed by atoms with Crippen molar-refractivity contribution < 1.29 is 18.9 Å². The number of furan rings is 1. The minimum absolute atomic E-state index is 0.0469. The zero-order valence-electron chi connectivity index (χ0n) is 20.8. The van der Waals surface area contributed by atoms with Gasteiger partial charge in [-0.1, -0.05) is 29.8 Å². The lowest BCUT2D eigenvalue weighted by Gasteiger charge is -2.36. The van der Waals surface area contributed by atoms with Gasteiger partial charge >= 0.3 is 0 Å². The highest BCUT2D eigenvalue weighted by Crippen LogP contribution is 2.31. The molecule has 4 aromatic rings. The van der Waals surface area contributed by atoms with Crippen LogP contribution in [0.1, 0.15) is 26.5 Å². The first-order valence-corrected chi connectivity index (χ1v) is 12.2. The molecule has 1 N–H and O–H groups in total. The molecule has 9 nitrogen and oxygen atoms in total. The number of hydrogen-bond acceptors (Lipinski definition) is 6. The van der Waals surface area contributed by atoms with Gasteiger partial charge < -0.3 is 19.5 Å². The van der Waals surface area contributed by atoms with Crippen LogP contribution in [0, 0.1) is 17.0 Å². The number of para-hydroxylation sites is 1. The van der Waals surface area contributed by atoms with E-state index in [1.54, 1.807) is 24.3 Å². The Morgan fingerprint density at radius 1 is 0.868 bits per heavy atom. The fraction of sp³-hybridized carbons (Fsp3) is 0.172. The summed E-state index contributed by atoms with van der Waals surface area (Å²) >= 11 is 0. The summed E-state index contributed by atoms with van der Waals surface area (Å²) in [4.78, 5) is 40.4. The zero-order chi connectivity index (χ0) is 26.6. The fourth-order valence-electron chi connectivity index (χ4n) is 4.44. The van der Waals surface area contributed by atoms with Crippen molar-refractivity contribution in [2.24, 2.45) is 0 Å². The average molecular weight is 511 g/mol. The van der Waals surface area contributed by atoms with Gasteiger partial charge in [-0.3, -0.25) is 19.7 Å². The van der Waals surface area contributed by atoms with Crippen molar-refractivity contribution in [3.63, 3.8) is 0 Å². The molecule has 0 spiro atoms. The van der Waals surface area contributed by atoms with E-state index in [2.05, 4.69) is 10.2 Å². The van der Waals surface area contributed by atoms with Crippen molar-refractivity contribution in [3.05, 3.63) is 112 Å². The minimum Gasteiger partial charge on any atom is -0.451 e. The summed E-state index contributed by atoms with van der Waals surface area (Å²) in [7, 11) is 0. The lowest BCUT2D eigenvalue weighted by Crippen LogP contribution is -2.48. The SMILES string of the molecule is Cc1ccc(C(=O)N2CCN(c3ccc(NC(=O)c4ccc(-c5ccccc5[N+](=O)[O-])o4)cc3)CC2)cc1. The predicted molar refractivity (Wildman–Crippen MR) is 144 cm³/mol. The number of amides is 2. The number of aryl methyl sites for hydroxylation is 1. The zero-order valence-corrected chi connectivity index (χ0v) is 20.8. The van der Waals surface area contributed by atoms with E-state index in [4.69, 9.17) is 4.42 Å². The highest BCUT2D eigenvalue weighted by molar-refractivity contribution is 6.02. The van der Waals surface area contributed by atoms with Crippen molar-refractivity contribution >= 4 is 28.9 Å². The van der Waals surface area contributed by atoms with Crippen LogP contribution in [0.4, 0.5) is 17.1 Å². The maximum absolute atomic E-state index is 12.8. The largest absolute Gasteiger partial charge is 0.451 e. The summed E-state index contributed by atoms with van der Waals surface area (Å²) in [6.45, 7) is 4.68. The third kappa shape index (κ3) is 5.27. The molecular weight excluding hydrogens is 484 g/mol. The van der Waals surface area contributed by atoms with Crippen LogP contribution in [0.15, 0.2) is 89.3 Å². The molecule has 192 valence electrons. The number of rotatable bonds is 6. The summed E-state index contributed by atoms with van der Waals surface area (Å²) in [6, 6.07) is 24.4. The second-order valence-electron chi connectivity index (χ2n) is 9.08. The maximum atomic E-state index is 12.8. The summed E-state index contributed by atoms with van der Waals surface area (Å²) in [5, 5.41) is 14.1. The van der Waals surface area contributed by atoms with Crippen LogP contribution in [0.5, 0.6) is 0 Å². The van der Waals surface area contributed by atoms with Gasteiger partial charge in [0.25, 0.3) is 17.5 Å². The Balaban J connectivity index is 1.18. The normalized spacial score (nSPS) is 13.3. The lowest BCUT2D eigenvalue weighted by molar-refractivity contribution is -0.384. The van der Waals surface area contributed by atoms with Gasteiger partial charge in [-0.15, -0.1) is 0 Å². The Morgan fingerprint density at radius 2 is 1.55 bits per heavy atom. The van der Waals surface area contributed by atoms with Crippen molar-refractivity contribution in [1.82, 2.24) is 4.90 Å². The van der Waals surface area contributed by atoms with E-state index in [0.717, 1.165) is 11.3 Å². The molecule has 0 bridgehead atoms. The van der Waals surface area contributed by atoms with Crippen LogP contribution in [0.25, 0.3) is 11.3 Å². The third-order valence-electron chi connectivity index (χ3n) is 6.55. The summed E-state index contributed by atoms with van der Waals surface area (Å²) in [5.41, 5.74) is 3.64. The van der Waals surface area contributed by atoms with E-state index in [-0.39, 0.29) is 23.1 Å². The van der Waals surface area contributed by atoms with E-state index < -0.39 is 10.8 Å². The molecule has 5 rings (SSSR count). The molecule has 0 unspecified atom stereocenters. The quantitative estimate of drug-likeness (QED) is 0.276. The molecule has 1 aromatic heterocycles. The molecule has 2 amide bonds. The summed E-state index contributed by atoms with van der Waals surface area (Å²) in [5.74, 6) is -0.106. The molecule has 0 aliphatic carbocycles. The van der Waals surface area contributed by atoms with Gasteiger partial charge in [0, 0.05) is 49.2 Å². The average Bonchev–Trinajstić information content (AvgIpc) is 3.44. The van der Waals surface area contributed by atoms with E-state index in [0.29, 0.717) is 43.0 Å². The van der Waals surface area contributed by atoms with E-state index in [9.17, 15) is 19.7 Å². The molecule has 0 atom stereocenters. The predicted octanol–water partition coefficient (Wildman–Crippen LogP) is 5.38. The molecule has 38 heavy (non-hydrogen) atoms. The molecule has 9 heteroatoms. The Kier molecular flexibility index (Phi) is 6.90. The Morgan fingerprint density at radius 3 is 2.24 bits per heavy atom. The third-order valence-corrected chi connectivity index (χ3v) is 6.55. The first-order chi connectivity index (χ1) is 18.4. The number of nitro groups is 1. The standard InChI is InChI=1S/C29H26N4O5/c1-20-6-8-21(9-7-20)29(35)32-18-16-31(17-19-32)23-12-10-22(11-13-23)30-28(34)27-15-14-26(38-27)24-4-2-3-5-25(24)33(36)37/h2-15H,16-19H2,1H3,(H,30,34). The lowest BCUT2D eigenvalue weighted by atomic mass is 10.1. The number of nitro benzene ring substituents is 1. The van der Waals surface area contributed by atoms with Crippen molar-refractivity contribution in [1.29, 1.82) is 0 Å². The number of anilines is 2. The number of carbonyl (C=O) groups is 2. The van der Waals surface area contributed by atoms with Gasteiger partial charge in [0.2, 0.25) is 0 Å². The summed E-state index contributed by atoms with van der Waals surface area (Å²) in [6.07, 6.45) is 0. The molecule has 1 aliphatic heterocycles. The van der Waals surface area contributed by atoms with Gasteiger partial charge in [-0.25, -0.2) is 0 Å². The van der Waals surface area contributed by atoms with Crippen LogP contribution >= 0.6 is 0 Å². The Bertz CT molecular complexity index is 1470.